The standard InChI is InChI=1S/C14H13F3N2/c1-9(18)10-4-2-3-5-11(10)12-8-19-7-6-13(12)14(15,16)17/h2-9H,18H2,1H3. The highest BCUT2D eigenvalue weighted by atomic mass is 19.4. The van der Waals surface area contributed by atoms with Gasteiger partial charge in [-0.3, -0.25) is 4.98 Å². The number of alkyl halides is 3. The van der Waals surface area contributed by atoms with Crippen molar-refractivity contribution in [3.63, 3.8) is 0 Å². The second-order valence-electron chi connectivity index (χ2n) is 4.29. The van der Waals surface area contributed by atoms with Gasteiger partial charge in [-0.25, -0.2) is 0 Å². The van der Waals surface area contributed by atoms with Crippen molar-refractivity contribution in [2.75, 3.05) is 0 Å². The third-order valence-corrected chi connectivity index (χ3v) is 2.87. The van der Waals surface area contributed by atoms with E-state index in [1.165, 1.54) is 6.20 Å². The Balaban J connectivity index is 2.67. The first-order valence-electron chi connectivity index (χ1n) is 5.77. The molecule has 2 N–H and O–H groups in total. The molecule has 19 heavy (non-hydrogen) atoms. The van der Waals surface area contributed by atoms with Crippen LogP contribution in [0.1, 0.15) is 24.1 Å². The molecule has 0 bridgehead atoms. The van der Waals surface area contributed by atoms with Gasteiger partial charge in [0.1, 0.15) is 0 Å². The molecule has 1 heterocycles. The number of aromatic nitrogens is 1. The molecule has 0 amide bonds. The summed E-state index contributed by atoms with van der Waals surface area (Å²) in [6.45, 7) is 1.74. The van der Waals surface area contributed by atoms with Crippen LogP contribution in [0.3, 0.4) is 0 Å². The van der Waals surface area contributed by atoms with E-state index in [0.717, 1.165) is 12.3 Å². The van der Waals surface area contributed by atoms with Crippen LogP contribution in [0.25, 0.3) is 11.1 Å². The van der Waals surface area contributed by atoms with Crippen molar-refractivity contribution < 1.29 is 13.2 Å². The van der Waals surface area contributed by atoms with Crippen molar-refractivity contribution >= 4 is 0 Å². The summed E-state index contributed by atoms with van der Waals surface area (Å²) in [7, 11) is 0. The molecule has 2 aromatic rings. The first kappa shape index (κ1) is 13.5. The Kier molecular flexibility index (Phi) is 3.57. The van der Waals surface area contributed by atoms with E-state index in [4.69, 9.17) is 5.73 Å². The molecule has 0 saturated heterocycles. The lowest BCUT2D eigenvalue weighted by atomic mass is 9.94. The molecule has 0 aliphatic rings. The largest absolute Gasteiger partial charge is 0.417 e. The van der Waals surface area contributed by atoms with Crippen molar-refractivity contribution in [3.8, 4) is 11.1 Å². The molecule has 2 nitrogen and oxygen atoms in total. The van der Waals surface area contributed by atoms with E-state index in [-0.39, 0.29) is 11.6 Å². The zero-order chi connectivity index (χ0) is 14.0. The minimum absolute atomic E-state index is 0.0582. The second kappa shape index (κ2) is 5.01. The van der Waals surface area contributed by atoms with Gasteiger partial charge in [0.2, 0.25) is 0 Å². The van der Waals surface area contributed by atoms with Gasteiger partial charge < -0.3 is 5.73 Å². The molecule has 100 valence electrons. The van der Waals surface area contributed by atoms with Gasteiger partial charge in [-0.2, -0.15) is 13.2 Å². The fourth-order valence-electron chi connectivity index (χ4n) is 2.00. The summed E-state index contributed by atoms with van der Waals surface area (Å²) in [5.74, 6) is 0. The average Bonchev–Trinajstić information content (AvgIpc) is 2.37. The third kappa shape index (κ3) is 2.76. The monoisotopic (exact) mass is 266 g/mol. The van der Waals surface area contributed by atoms with Gasteiger partial charge in [0.05, 0.1) is 5.56 Å². The molecule has 0 radical (unpaired) electrons. The van der Waals surface area contributed by atoms with Crippen LogP contribution in [0.5, 0.6) is 0 Å². The lowest BCUT2D eigenvalue weighted by Gasteiger charge is -2.16. The zero-order valence-corrected chi connectivity index (χ0v) is 10.3. The Morgan fingerprint density at radius 1 is 1.11 bits per heavy atom. The molecule has 0 saturated carbocycles. The van der Waals surface area contributed by atoms with Gasteiger partial charge in [0, 0.05) is 24.0 Å². The van der Waals surface area contributed by atoms with Crippen LogP contribution < -0.4 is 5.73 Å². The van der Waals surface area contributed by atoms with E-state index in [2.05, 4.69) is 4.98 Å². The molecular formula is C14H13F3N2. The molecule has 5 heteroatoms. The Labute approximate surface area is 109 Å². The van der Waals surface area contributed by atoms with E-state index >= 15 is 0 Å². The summed E-state index contributed by atoms with van der Waals surface area (Å²) >= 11 is 0. The first-order valence-corrected chi connectivity index (χ1v) is 5.77. The van der Waals surface area contributed by atoms with Crippen LogP contribution in [-0.2, 0) is 6.18 Å². The summed E-state index contributed by atoms with van der Waals surface area (Å²) in [6.07, 6.45) is -2.05. The number of nitrogens with zero attached hydrogens (tertiary/aromatic N) is 1. The van der Waals surface area contributed by atoms with Crippen molar-refractivity contribution in [1.29, 1.82) is 0 Å². The molecule has 0 aliphatic carbocycles. The minimum Gasteiger partial charge on any atom is -0.324 e. The fraction of sp³-hybridized carbons (Fsp3) is 0.214. The maximum Gasteiger partial charge on any atom is 0.417 e. The Morgan fingerprint density at radius 2 is 1.79 bits per heavy atom. The van der Waals surface area contributed by atoms with Crippen LogP contribution in [0, 0.1) is 0 Å². The van der Waals surface area contributed by atoms with E-state index in [9.17, 15) is 13.2 Å². The lowest BCUT2D eigenvalue weighted by molar-refractivity contribution is -0.137. The van der Waals surface area contributed by atoms with Crippen molar-refractivity contribution in [2.45, 2.75) is 19.1 Å². The highest BCUT2D eigenvalue weighted by Crippen LogP contribution is 2.38. The molecule has 1 aromatic heterocycles. The molecule has 0 aliphatic heterocycles. The molecule has 1 unspecified atom stereocenters. The number of rotatable bonds is 2. The van der Waals surface area contributed by atoms with Crippen molar-refractivity contribution in [2.24, 2.45) is 5.73 Å². The molecule has 1 aromatic carbocycles. The van der Waals surface area contributed by atoms with E-state index in [0.29, 0.717) is 11.1 Å². The van der Waals surface area contributed by atoms with Crippen LogP contribution in [0.2, 0.25) is 0 Å². The Hall–Kier alpha value is -1.88. The Bertz CT molecular complexity index is 577. The smallest absolute Gasteiger partial charge is 0.324 e. The third-order valence-electron chi connectivity index (χ3n) is 2.87. The topological polar surface area (TPSA) is 38.9 Å². The van der Waals surface area contributed by atoms with Crippen LogP contribution >= 0.6 is 0 Å². The van der Waals surface area contributed by atoms with Crippen LogP contribution in [0.15, 0.2) is 42.7 Å². The predicted octanol–water partition coefficient (Wildman–Crippen LogP) is 3.79. The van der Waals surface area contributed by atoms with Gasteiger partial charge in [-0.05, 0) is 24.1 Å². The fourth-order valence-corrected chi connectivity index (χ4v) is 2.00. The zero-order valence-electron chi connectivity index (χ0n) is 10.3. The molecule has 0 fully saturated rings. The van der Waals surface area contributed by atoms with E-state index in [1.54, 1.807) is 31.2 Å². The molecular weight excluding hydrogens is 253 g/mol. The number of halogens is 3. The van der Waals surface area contributed by atoms with Gasteiger partial charge in [0.25, 0.3) is 0 Å². The number of nitrogens with two attached hydrogens (primary N) is 1. The van der Waals surface area contributed by atoms with Gasteiger partial charge in [-0.1, -0.05) is 24.3 Å². The SMILES string of the molecule is CC(N)c1ccccc1-c1cnccc1C(F)(F)F. The number of benzene rings is 1. The summed E-state index contributed by atoms with van der Waals surface area (Å²) < 4.78 is 39.0. The lowest BCUT2D eigenvalue weighted by Crippen LogP contribution is -2.10. The summed E-state index contributed by atoms with van der Waals surface area (Å²) in [4.78, 5) is 3.79. The predicted molar refractivity (Wildman–Crippen MR) is 67.3 cm³/mol. The minimum atomic E-state index is -4.41. The number of hydrogen-bond acceptors (Lipinski definition) is 2. The number of hydrogen-bond donors (Lipinski definition) is 1. The molecule has 2 rings (SSSR count). The average molecular weight is 266 g/mol. The Morgan fingerprint density at radius 3 is 2.42 bits per heavy atom. The van der Waals surface area contributed by atoms with Gasteiger partial charge in [0.15, 0.2) is 0 Å². The molecule has 0 spiro atoms. The van der Waals surface area contributed by atoms with E-state index < -0.39 is 11.7 Å². The second-order valence-corrected chi connectivity index (χ2v) is 4.29. The van der Waals surface area contributed by atoms with Crippen LogP contribution in [-0.4, -0.2) is 4.98 Å². The molecule has 1 atom stereocenters. The summed E-state index contributed by atoms with van der Waals surface area (Å²) in [5, 5.41) is 0. The first-order chi connectivity index (χ1) is 8.91. The maximum absolute atomic E-state index is 13.0. The van der Waals surface area contributed by atoms with Crippen molar-refractivity contribution in [3.05, 3.63) is 53.9 Å². The van der Waals surface area contributed by atoms with E-state index in [1.807, 2.05) is 0 Å². The summed E-state index contributed by atoms with van der Waals surface area (Å²) in [6, 6.07) is 7.43. The van der Waals surface area contributed by atoms with Gasteiger partial charge in [-0.15, -0.1) is 0 Å². The number of pyridine rings is 1. The van der Waals surface area contributed by atoms with Crippen molar-refractivity contribution in [1.82, 2.24) is 4.98 Å². The van der Waals surface area contributed by atoms with Crippen LogP contribution in [0.4, 0.5) is 13.2 Å². The highest BCUT2D eigenvalue weighted by molar-refractivity contribution is 5.71. The normalized spacial score (nSPS) is 13.3. The quantitative estimate of drug-likeness (QED) is 0.898. The van der Waals surface area contributed by atoms with Gasteiger partial charge >= 0.3 is 6.18 Å². The highest BCUT2D eigenvalue weighted by Gasteiger charge is 2.34. The summed E-state index contributed by atoms with van der Waals surface area (Å²) in [5.41, 5.74) is 6.31. The maximum atomic E-state index is 13.0.